The normalized spacial score (nSPS) is 13.5. The van der Waals surface area contributed by atoms with Crippen molar-refractivity contribution in [3.05, 3.63) is 53.5 Å². The van der Waals surface area contributed by atoms with Gasteiger partial charge in [0.25, 0.3) is 5.91 Å². The van der Waals surface area contributed by atoms with Crippen LogP contribution in [0.2, 0.25) is 0 Å². The van der Waals surface area contributed by atoms with Crippen LogP contribution in [0.15, 0.2) is 36.5 Å². The maximum Gasteiger partial charge on any atom is 0.258 e. The summed E-state index contributed by atoms with van der Waals surface area (Å²) in [7, 11) is 1.59. The Morgan fingerprint density at radius 2 is 2.21 bits per heavy atom. The number of benzene rings is 1. The smallest absolute Gasteiger partial charge is 0.258 e. The molecule has 1 aliphatic heterocycles. The minimum Gasteiger partial charge on any atom is -0.475 e. The van der Waals surface area contributed by atoms with Crippen LogP contribution in [-0.4, -0.2) is 37.8 Å². The number of pyridine rings is 1. The van der Waals surface area contributed by atoms with Crippen LogP contribution in [0.4, 0.5) is 10.1 Å². The number of carbonyl (C=O) groups excluding carboxylic acids is 1. The fraction of sp³-hybridized carbons (Fsp3) is 0.333. The molecule has 0 radical (unpaired) electrons. The molecule has 0 saturated carbocycles. The van der Waals surface area contributed by atoms with Gasteiger partial charge in [0.2, 0.25) is 5.88 Å². The first-order valence-corrected chi connectivity index (χ1v) is 7.88. The van der Waals surface area contributed by atoms with E-state index >= 15 is 0 Å². The van der Waals surface area contributed by atoms with Gasteiger partial charge in [0.05, 0.1) is 12.3 Å². The van der Waals surface area contributed by atoms with E-state index in [1.807, 2.05) is 0 Å². The molecule has 6 heteroatoms. The molecule has 1 amide bonds. The molecule has 1 aliphatic rings. The molecule has 2 heterocycles. The maximum atomic E-state index is 14.0. The summed E-state index contributed by atoms with van der Waals surface area (Å²) in [6, 6.07) is 8.09. The van der Waals surface area contributed by atoms with E-state index in [4.69, 9.17) is 9.47 Å². The molecule has 0 saturated heterocycles. The molecule has 0 fully saturated rings. The highest BCUT2D eigenvalue weighted by atomic mass is 19.1. The van der Waals surface area contributed by atoms with Crippen molar-refractivity contribution < 1.29 is 18.7 Å². The Hall–Kier alpha value is -2.47. The van der Waals surface area contributed by atoms with Crippen molar-refractivity contribution in [1.82, 2.24) is 4.98 Å². The predicted molar refractivity (Wildman–Crippen MR) is 88.0 cm³/mol. The van der Waals surface area contributed by atoms with E-state index in [1.165, 1.54) is 12.3 Å². The van der Waals surface area contributed by atoms with Gasteiger partial charge in [-0.05, 0) is 31.0 Å². The first kappa shape index (κ1) is 16.4. The zero-order chi connectivity index (χ0) is 16.9. The Labute approximate surface area is 140 Å². The maximum absolute atomic E-state index is 14.0. The van der Waals surface area contributed by atoms with E-state index in [0.29, 0.717) is 48.9 Å². The third kappa shape index (κ3) is 3.38. The molecule has 2 aromatic rings. The minimum atomic E-state index is -0.261. The minimum absolute atomic E-state index is 0.180. The Kier molecular flexibility index (Phi) is 5.05. The highest BCUT2D eigenvalue weighted by Gasteiger charge is 2.25. The van der Waals surface area contributed by atoms with Crippen molar-refractivity contribution in [2.75, 3.05) is 31.8 Å². The standard InChI is InChI=1S/C18H19FN2O3/c1-23-10-11-24-17-12-13(7-8-20-17)18(22)21-9-3-4-14-15(19)5-2-6-16(14)21/h2,5-8,12H,3-4,9-11H2,1H3. The van der Waals surface area contributed by atoms with E-state index < -0.39 is 0 Å². The molecule has 0 spiro atoms. The van der Waals surface area contributed by atoms with E-state index in [1.54, 1.807) is 36.3 Å². The second-order valence-corrected chi connectivity index (χ2v) is 5.52. The number of carbonyl (C=O) groups is 1. The lowest BCUT2D eigenvalue weighted by Crippen LogP contribution is -2.35. The second-order valence-electron chi connectivity index (χ2n) is 5.52. The van der Waals surface area contributed by atoms with Crippen LogP contribution in [0.25, 0.3) is 0 Å². The molecule has 0 atom stereocenters. The van der Waals surface area contributed by atoms with Gasteiger partial charge in [0, 0.05) is 37.0 Å². The first-order chi connectivity index (χ1) is 11.7. The largest absolute Gasteiger partial charge is 0.475 e. The zero-order valence-electron chi connectivity index (χ0n) is 13.5. The molecule has 0 aliphatic carbocycles. The third-order valence-corrected chi connectivity index (χ3v) is 3.96. The Morgan fingerprint density at radius 1 is 1.33 bits per heavy atom. The molecule has 126 valence electrons. The van der Waals surface area contributed by atoms with Gasteiger partial charge in [-0.1, -0.05) is 6.07 Å². The van der Waals surface area contributed by atoms with E-state index in [9.17, 15) is 9.18 Å². The fourth-order valence-electron chi connectivity index (χ4n) is 2.80. The van der Waals surface area contributed by atoms with Gasteiger partial charge in [-0.2, -0.15) is 0 Å². The van der Waals surface area contributed by atoms with Gasteiger partial charge in [-0.25, -0.2) is 9.37 Å². The van der Waals surface area contributed by atoms with Crippen molar-refractivity contribution in [2.24, 2.45) is 0 Å². The summed E-state index contributed by atoms with van der Waals surface area (Å²) >= 11 is 0. The van der Waals surface area contributed by atoms with Crippen LogP contribution in [0, 0.1) is 5.82 Å². The SMILES string of the molecule is COCCOc1cc(C(=O)N2CCCc3c(F)cccc32)ccn1. The molecule has 0 unspecified atom stereocenters. The summed E-state index contributed by atoms with van der Waals surface area (Å²) < 4.78 is 24.3. The Morgan fingerprint density at radius 3 is 3.04 bits per heavy atom. The highest BCUT2D eigenvalue weighted by Crippen LogP contribution is 2.30. The Bertz CT molecular complexity index is 736. The van der Waals surface area contributed by atoms with Crippen molar-refractivity contribution in [3.8, 4) is 5.88 Å². The molecule has 0 N–H and O–H groups in total. The lowest BCUT2D eigenvalue weighted by molar-refractivity contribution is 0.0984. The number of nitrogens with zero attached hydrogens (tertiary/aromatic N) is 2. The van der Waals surface area contributed by atoms with Gasteiger partial charge in [0.1, 0.15) is 12.4 Å². The molecular weight excluding hydrogens is 311 g/mol. The second kappa shape index (κ2) is 7.40. The topological polar surface area (TPSA) is 51.7 Å². The zero-order valence-corrected chi connectivity index (χ0v) is 13.5. The van der Waals surface area contributed by atoms with Crippen molar-refractivity contribution in [3.63, 3.8) is 0 Å². The number of fused-ring (bicyclic) bond motifs is 1. The van der Waals surface area contributed by atoms with Gasteiger partial charge < -0.3 is 14.4 Å². The quantitative estimate of drug-likeness (QED) is 0.791. The fourth-order valence-corrected chi connectivity index (χ4v) is 2.80. The molecule has 3 rings (SSSR count). The van der Waals surface area contributed by atoms with E-state index in [-0.39, 0.29) is 11.7 Å². The molecule has 0 bridgehead atoms. The highest BCUT2D eigenvalue weighted by molar-refractivity contribution is 6.06. The number of amides is 1. The summed E-state index contributed by atoms with van der Waals surface area (Å²) in [6.07, 6.45) is 2.92. The summed E-state index contributed by atoms with van der Waals surface area (Å²) in [4.78, 5) is 18.6. The number of aromatic nitrogens is 1. The molecule has 24 heavy (non-hydrogen) atoms. The molecule has 5 nitrogen and oxygen atoms in total. The monoisotopic (exact) mass is 330 g/mol. The van der Waals surface area contributed by atoms with Gasteiger partial charge in [0.15, 0.2) is 0 Å². The van der Waals surface area contributed by atoms with Gasteiger partial charge in [-0.3, -0.25) is 4.79 Å². The number of hydrogen-bond acceptors (Lipinski definition) is 4. The number of anilines is 1. The average molecular weight is 330 g/mol. The lowest BCUT2D eigenvalue weighted by atomic mass is 10.0. The van der Waals surface area contributed by atoms with Crippen molar-refractivity contribution in [1.29, 1.82) is 0 Å². The van der Waals surface area contributed by atoms with Crippen molar-refractivity contribution >= 4 is 11.6 Å². The van der Waals surface area contributed by atoms with Crippen LogP contribution >= 0.6 is 0 Å². The predicted octanol–water partition coefficient (Wildman–Crippen LogP) is 2.84. The Balaban J connectivity index is 1.83. The number of ether oxygens (including phenoxy) is 2. The molecule has 1 aromatic carbocycles. The van der Waals surface area contributed by atoms with Gasteiger partial charge >= 0.3 is 0 Å². The lowest BCUT2D eigenvalue weighted by Gasteiger charge is -2.29. The van der Waals surface area contributed by atoms with E-state index in [0.717, 1.165) is 6.42 Å². The first-order valence-electron chi connectivity index (χ1n) is 7.88. The number of rotatable bonds is 5. The molecule has 1 aromatic heterocycles. The summed E-state index contributed by atoms with van der Waals surface area (Å²) in [5.74, 6) is -0.0711. The number of methoxy groups -OCH3 is 1. The summed E-state index contributed by atoms with van der Waals surface area (Å²) in [5.41, 5.74) is 1.71. The van der Waals surface area contributed by atoms with E-state index in [2.05, 4.69) is 4.98 Å². The van der Waals surface area contributed by atoms with Crippen LogP contribution in [0.3, 0.4) is 0 Å². The average Bonchev–Trinajstić information content (AvgIpc) is 2.62. The number of halogens is 1. The molecular formula is C18H19FN2O3. The van der Waals surface area contributed by atoms with Crippen LogP contribution in [-0.2, 0) is 11.2 Å². The number of hydrogen-bond donors (Lipinski definition) is 0. The third-order valence-electron chi connectivity index (χ3n) is 3.96. The summed E-state index contributed by atoms with van der Waals surface area (Å²) in [6.45, 7) is 1.37. The van der Waals surface area contributed by atoms with Crippen molar-refractivity contribution in [2.45, 2.75) is 12.8 Å². The summed E-state index contributed by atoms with van der Waals surface area (Å²) in [5, 5.41) is 0. The van der Waals surface area contributed by atoms with Crippen LogP contribution < -0.4 is 9.64 Å². The van der Waals surface area contributed by atoms with Crippen LogP contribution in [0.5, 0.6) is 5.88 Å². The van der Waals surface area contributed by atoms with Gasteiger partial charge in [-0.15, -0.1) is 0 Å². The van der Waals surface area contributed by atoms with Crippen LogP contribution in [0.1, 0.15) is 22.3 Å².